The van der Waals surface area contributed by atoms with Gasteiger partial charge in [-0.2, -0.15) is 5.10 Å². The van der Waals surface area contributed by atoms with Crippen LogP contribution in [0.3, 0.4) is 0 Å². The number of hydrogen-bond acceptors (Lipinski definition) is 4. The van der Waals surface area contributed by atoms with Crippen molar-refractivity contribution in [1.82, 2.24) is 14.8 Å². The number of carbonyl (C=O) groups excluding carboxylic acids is 1. The van der Waals surface area contributed by atoms with Crippen molar-refractivity contribution in [3.05, 3.63) is 77.3 Å². The van der Waals surface area contributed by atoms with Gasteiger partial charge in [0.15, 0.2) is 5.75 Å². The van der Waals surface area contributed by atoms with E-state index in [4.69, 9.17) is 16.3 Å². The Balaban J connectivity index is 1.50. The number of benzene rings is 1. The number of Topliss-reactive ketones (excluding diaryl/α,β-unsaturated/α-hetero) is 1. The van der Waals surface area contributed by atoms with Crippen LogP contribution in [0.5, 0.6) is 5.75 Å². The number of aromatic nitrogens is 3. The molecule has 1 aliphatic rings. The molecule has 3 aromatic rings. The fraction of sp³-hybridized carbons (Fsp3) is 0.318. The molecular formula is C22H22ClN3O2. The number of ether oxygens (including phenoxy) is 1. The molecule has 1 fully saturated rings. The Morgan fingerprint density at radius 2 is 2.07 bits per heavy atom. The maximum Gasteiger partial charge on any atom is 0.157 e. The van der Waals surface area contributed by atoms with Crippen LogP contribution < -0.4 is 4.74 Å². The van der Waals surface area contributed by atoms with Crippen LogP contribution in [0.2, 0.25) is 5.02 Å². The Bertz CT molecular complexity index is 955. The normalized spacial score (nSPS) is 20.7. The van der Waals surface area contributed by atoms with E-state index in [-0.39, 0.29) is 17.1 Å². The molecule has 0 bridgehead atoms. The van der Waals surface area contributed by atoms with E-state index in [0.29, 0.717) is 18.1 Å². The van der Waals surface area contributed by atoms with Gasteiger partial charge in [0.05, 0.1) is 24.0 Å². The van der Waals surface area contributed by atoms with E-state index < -0.39 is 0 Å². The summed E-state index contributed by atoms with van der Waals surface area (Å²) in [4.78, 5) is 17.2. The summed E-state index contributed by atoms with van der Waals surface area (Å²) in [6.45, 7) is 3.28. The average Bonchev–Trinajstić information content (AvgIpc) is 3.29. The fourth-order valence-corrected chi connectivity index (χ4v) is 3.79. The molecule has 2 heterocycles. The van der Waals surface area contributed by atoms with Gasteiger partial charge in [-0.25, -0.2) is 0 Å². The molecule has 4 rings (SSSR count). The summed E-state index contributed by atoms with van der Waals surface area (Å²) in [6, 6.07) is 13.7. The van der Waals surface area contributed by atoms with Crippen molar-refractivity contribution in [3.8, 4) is 5.75 Å². The number of nitrogens with zero attached hydrogens (tertiary/aromatic N) is 3. The summed E-state index contributed by atoms with van der Waals surface area (Å²) in [6.07, 6.45) is 6.28. The summed E-state index contributed by atoms with van der Waals surface area (Å²) in [5.74, 6) is 0.842. The molecule has 0 N–H and O–H groups in total. The number of carbonyl (C=O) groups is 1. The number of aryl methyl sites for hydroxylation is 1. The van der Waals surface area contributed by atoms with Crippen molar-refractivity contribution < 1.29 is 9.53 Å². The monoisotopic (exact) mass is 395 g/mol. The molecule has 0 aliphatic heterocycles. The number of hydrogen-bond donors (Lipinski definition) is 0. The number of rotatable bonds is 8. The molecule has 2 unspecified atom stereocenters. The predicted molar refractivity (Wildman–Crippen MR) is 108 cm³/mol. The zero-order valence-corrected chi connectivity index (χ0v) is 16.5. The molecule has 1 aliphatic carbocycles. The van der Waals surface area contributed by atoms with Crippen molar-refractivity contribution >= 4 is 17.4 Å². The van der Waals surface area contributed by atoms with Gasteiger partial charge in [-0.05, 0) is 31.0 Å². The van der Waals surface area contributed by atoms with Crippen LogP contribution in [0.15, 0.2) is 61.1 Å². The Kier molecular flexibility index (Phi) is 5.18. The zero-order chi connectivity index (χ0) is 19.6. The van der Waals surface area contributed by atoms with Crippen LogP contribution in [-0.4, -0.2) is 27.2 Å². The Morgan fingerprint density at radius 3 is 2.75 bits per heavy atom. The highest BCUT2D eigenvalue weighted by molar-refractivity contribution is 6.30. The highest BCUT2D eigenvalue weighted by Gasteiger charge is 2.59. The zero-order valence-electron chi connectivity index (χ0n) is 15.7. The molecule has 1 aromatic carbocycles. The molecule has 6 heteroatoms. The summed E-state index contributed by atoms with van der Waals surface area (Å²) in [5, 5.41) is 4.82. The molecule has 0 radical (unpaired) electrons. The molecule has 1 saturated carbocycles. The Labute approximate surface area is 169 Å². The van der Waals surface area contributed by atoms with Gasteiger partial charge in [0.25, 0.3) is 0 Å². The molecule has 0 saturated heterocycles. The van der Waals surface area contributed by atoms with Gasteiger partial charge in [0.2, 0.25) is 0 Å². The molecule has 2 atom stereocenters. The second-order valence-electron chi connectivity index (χ2n) is 7.21. The van der Waals surface area contributed by atoms with Crippen molar-refractivity contribution in [1.29, 1.82) is 0 Å². The first kappa shape index (κ1) is 18.7. The summed E-state index contributed by atoms with van der Waals surface area (Å²) >= 11 is 5.89. The van der Waals surface area contributed by atoms with Gasteiger partial charge in [0, 0.05) is 36.2 Å². The lowest BCUT2D eigenvalue weighted by atomic mass is 9.92. The van der Waals surface area contributed by atoms with E-state index in [2.05, 4.69) is 22.2 Å². The number of halogens is 1. The minimum absolute atomic E-state index is 0.0754. The standard InChI is InChI=1S/C22H22ClN3O2/c1-2-26-14-19(13-25-26)28-15-22(16-6-4-3-5-7-16)11-20(22)21(27)10-18-9-8-17(23)12-24-18/h3-9,12-14,20H,2,10-11,15H2,1H3. The second-order valence-corrected chi connectivity index (χ2v) is 7.65. The summed E-state index contributed by atoms with van der Waals surface area (Å²) in [5.41, 5.74) is 1.59. The molecular weight excluding hydrogens is 374 g/mol. The minimum Gasteiger partial charge on any atom is -0.489 e. The quantitative estimate of drug-likeness (QED) is 0.576. The van der Waals surface area contributed by atoms with E-state index in [0.717, 1.165) is 30.0 Å². The fourth-order valence-electron chi connectivity index (χ4n) is 3.68. The third-order valence-electron chi connectivity index (χ3n) is 5.39. The van der Waals surface area contributed by atoms with Crippen LogP contribution in [0.1, 0.15) is 24.6 Å². The van der Waals surface area contributed by atoms with E-state index in [9.17, 15) is 4.79 Å². The lowest BCUT2D eigenvalue weighted by Crippen LogP contribution is -2.24. The van der Waals surface area contributed by atoms with Gasteiger partial charge in [-0.1, -0.05) is 41.9 Å². The molecule has 2 aromatic heterocycles. The lowest BCUT2D eigenvalue weighted by Gasteiger charge is -2.18. The largest absolute Gasteiger partial charge is 0.489 e. The average molecular weight is 396 g/mol. The smallest absolute Gasteiger partial charge is 0.157 e. The minimum atomic E-state index is -0.293. The van der Waals surface area contributed by atoms with Gasteiger partial charge in [-0.15, -0.1) is 0 Å². The third kappa shape index (κ3) is 3.80. The molecule has 144 valence electrons. The van der Waals surface area contributed by atoms with Crippen molar-refractivity contribution in [2.45, 2.75) is 31.7 Å². The molecule has 0 spiro atoms. The van der Waals surface area contributed by atoms with Gasteiger partial charge < -0.3 is 4.74 Å². The van der Waals surface area contributed by atoms with Gasteiger partial charge in [-0.3, -0.25) is 14.5 Å². The summed E-state index contributed by atoms with van der Waals surface area (Å²) in [7, 11) is 0. The molecule has 5 nitrogen and oxygen atoms in total. The van der Waals surface area contributed by atoms with Crippen LogP contribution >= 0.6 is 11.6 Å². The van der Waals surface area contributed by atoms with E-state index in [1.165, 1.54) is 0 Å². The van der Waals surface area contributed by atoms with Gasteiger partial charge >= 0.3 is 0 Å². The maximum atomic E-state index is 13.0. The van der Waals surface area contributed by atoms with E-state index in [1.54, 1.807) is 18.5 Å². The lowest BCUT2D eigenvalue weighted by molar-refractivity contribution is -0.120. The number of ketones is 1. The Hall–Kier alpha value is -2.66. The van der Waals surface area contributed by atoms with Gasteiger partial charge in [0.1, 0.15) is 5.78 Å². The Morgan fingerprint density at radius 1 is 1.25 bits per heavy atom. The first-order valence-corrected chi connectivity index (χ1v) is 9.82. The summed E-state index contributed by atoms with van der Waals surface area (Å²) < 4.78 is 7.87. The van der Waals surface area contributed by atoms with Crippen LogP contribution in [0.25, 0.3) is 0 Å². The van der Waals surface area contributed by atoms with Crippen molar-refractivity contribution in [3.63, 3.8) is 0 Å². The van der Waals surface area contributed by atoms with Crippen molar-refractivity contribution in [2.75, 3.05) is 6.61 Å². The van der Waals surface area contributed by atoms with E-state index >= 15 is 0 Å². The first-order chi connectivity index (χ1) is 13.6. The highest BCUT2D eigenvalue weighted by atomic mass is 35.5. The molecule has 28 heavy (non-hydrogen) atoms. The van der Waals surface area contributed by atoms with Crippen LogP contribution in [0.4, 0.5) is 0 Å². The predicted octanol–water partition coefficient (Wildman–Crippen LogP) is 4.10. The van der Waals surface area contributed by atoms with Crippen LogP contribution in [0, 0.1) is 5.92 Å². The van der Waals surface area contributed by atoms with Crippen LogP contribution in [-0.2, 0) is 23.2 Å². The van der Waals surface area contributed by atoms with E-state index in [1.807, 2.05) is 42.1 Å². The topological polar surface area (TPSA) is 57.0 Å². The maximum absolute atomic E-state index is 13.0. The highest BCUT2D eigenvalue weighted by Crippen LogP contribution is 2.55. The van der Waals surface area contributed by atoms with Crippen molar-refractivity contribution in [2.24, 2.45) is 5.92 Å². The second kappa shape index (κ2) is 7.76. The molecule has 0 amide bonds. The first-order valence-electron chi connectivity index (χ1n) is 9.44. The number of pyridine rings is 1. The third-order valence-corrected chi connectivity index (χ3v) is 5.61. The SMILES string of the molecule is CCn1cc(OCC2(c3ccccc3)CC2C(=O)Cc2ccc(Cl)cn2)cn1.